The average Bonchev–Trinajstić information content (AvgIpc) is 2.43. The molecule has 0 amide bonds. The van der Waals surface area contributed by atoms with Gasteiger partial charge in [-0.25, -0.2) is 8.42 Å². The molecule has 0 atom stereocenters. The summed E-state index contributed by atoms with van der Waals surface area (Å²) in [7, 11) is -3.72. The topological polar surface area (TPSA) is 96.0 Å². The van der Waals surface area contributed by atoms with Gasteiger partial charge in [-0.2, -0.15) is 5.26 Å². The number of aryl methyl sites for hydroxylation is 1. The van der Waals surface area contributed by atoms with E-state index in [-0.39, 0.29) is 4.90 Å². The molecule has 0 aliphatic rings. The van der Waals surface area contributed by atoms with Gasteiger partial charge in [-0.3, -0.25) is 4.72 Å². The van der Waals surface area contributed by atoms with Gasteiger partial charge in [0.25, 0.3) is 10.0 Å². The van der Waals surface area contributed by atoms with Crippen LogP contribution in [0.1, 0.15) is 16.7 Å². The van der Waals surface area contributed by atoms with Gasteiger partial charge in [0.1, 0.15) is 0 Å². The first-order chi connectivity index (χ1) is 9.85. The van der Waals surface area contributed by atoms with Crippen LogP contribution in [0.2, 0.25) is 0 Å². The Bertz CT molecular complexity index is 836. The fourth-order valence-corrected chi connectivity index (χ4v) is 3.33. The standard InChI is InChI=1S/C15H15N3O2S/c1-10-8-12(9-16)6-7-15(10)21(19,20)18-14-5-3-4-13(17)11(14)2/h3-8,18H,17H2,1-2H3. The SMILES string of the molecule is Cc1cc(C#N)ccc1S(=O)(=O)Nc1cccc(N)c1C. The first-order valence-corrected chi connectivity index (χ1v) is 7.72. The molecule has 108 valence electrons. The Kier molecular flexibility index (Phi) is 3.87. The summed E-state index contributed by atoms with van der Waals surface area (Å²) in [5.41, 5.74) is 8.35. The number of sulfonamides is 1. The Balaban J connectivity index is 2.44. The summed E-state index contributed by atoms with van der Waals surface area (Å²) in [4.78, 5) is 0.142. The van der Waals surface area contributed by atoms with Crippen molar-refractivity contribution in [2.75, 3.05) is 10.5 Å². The number of nitrogens with two attached hydrogens (primary N) is 1. The van der Waals surface area contributed by atoms with Gasteiger partial charge in [0.15, 0.2) is 0 Å². The fourth-order valence-electron chi connectivity index (χ4n) is 1.98. The van der Waals surface area contributed by atoms with Crippen LogP contribution >= 0.6 is 0 Å². The van der Waals surface area contributed by atoms with Crippen LogP contribution in [0.15, 0.2) is 41.3 Å². The van der Waals surface area contributed by atoms with Gasteiger partial charge in [0.2, 0.25) is 0 Å². The maximum atomic E-state index is 12.5. The summed E-state index contributed by atoms with van der Waals surface area (Å²) in [5, 5.41) is 8.83. The number of nitrogens with one attached hydrogen (secondary N) is 1. The zero-order valence-corrected chi connectivity index (χ0v) is 12.5. The van der Waals surface area contributed by atoms with E-state index in [1.165, 1.54) is 12.1 Å². The molecule has 0 fully saturated rings. The third-order valence-electron chi connectivity index (χ3n) is 3.21. The highest BCUT2D eigenvalue weighted by molar-refractivity contribution is 7.92. The molecule has 0 saturated heterocycles. The summed E-state index contributed by atoms with van der Waals surface area (Å²) in [6, 6.07) is 11.5. The van der Waals surface area contributed by atoms with E-state index < -0.39 is 10.0 Å². The molecule has 0 unspecified atom stereocenters. The van der Waals surface area contributed by atoms with E-state index in [4.69, 9.17) is 11.0 Å². The van der Waals surface area contributed by atoms with E-state index in [2.05, 4.69) is 4.72 Å². The van der Waals surface area contributed by atoms with Crippen molar-refractivity contribution in [3.63, 3.8) is 0 Å². The molecule has 0 radical (unpaired) electrons. The zero-order chi connectivity index (χ0) is 15.6. The molecule has 0 saturated carbocycles. The van der Waals surface area contributed by atoms with Gasteiger partial charge < -0.3 is 5.73 Å². The third-order valence-corrected chi connectivity index (χ3v) is 4.74. The zero-order valence-electron chi connectivity index (χ0n) is 11.7. The Morgan fingerprint density at radius 2 is 1.90 bits per heavy atom. The molecule has 0 aromatic heterocycles. The van der Waals surface area contributed by atoms with Crippen LogP contribution in [0, 0.1) is 25.2 Å². The lowest BCUT2D eigenvalue weighted by atomic mass is 10.2. The highest BCUT2D eigenvalue weighted by atomic mass is 32.2. The van der Waals surface area contributed by atoms with E-state index in [0.29, 0.717) is 28.1 Å². The second-order valence-electron chi connectivity index (χ2n) is 4.72. The summed E-state index contributed by atoms with van der Waals surface area (Å²) >= 11 is 0. The minimum atomic E-state index is -3.72. The molecule has 0 aliphatic heterocycles. The number of nitrogen functional groups attached to an aromatic ring is 1. The van der Waals surface area contributed by atoms with Crippen LogP contribution < -0.4 is 10.5 Å². The molecular formula is C15H15N3O2S. The first-order valence-electron chi connectivity index (χ1n) is 6.24. The number of hydrogen-bond acceptors (Lipinski definition) is 4. The number of rotatable bonds is 3. The number of anilines is 2. The molecule has 0 aliphatic carbocycles. The lowest BCUT2D eigenvalue weighted by molar-refractivity contribution is 0.600. The summed E-state index contributed by atoms with van der Waals surface area (Å²) < 4.78 is 27.4. The number of nitrogens with zero attached hydrogens (tertiary/aromatic N) is 1. The van der Waals surface area contributed by atoms with Crippen molar-refractivity contribution in [1.82, 2.24) is 0 Å². The summed E-state index contributed by atoms with van der Waals surface area (Å²) in [6.07, 6.45) is 0. The monoisotopic (exact) mass is 301 g/mol. The van der Waals surface area contributed by atoms with Gasteiger partial charge in [-0.1, -0.05) is 6.07 Å². The average molecular weight is 301 g/mol. The molecule has 0 bridgehead atoms. The molecule has 5 nitrogen and oxygen atoms in total. The Hall–Kier alpha value is -2.52. The van der Waals surface area contributed by atoms with Crippen LogP contribution in [0.25, 0.3) is 0 Å². The van der Waals surface area contributed by atoms with E-state index in [1.807, 2.05) is 6.07 Å². The van der Waals surface area contributed by atoms with Gasteiger partial charge in [0, 0.05) is 5.69 Å². The lowest BCUT2D eigenvalue weighted by Gasteiger charge is -2.13. The van der Waals surface area contributed by atoms with E-state index in [9.17, 15) is 8.42 Å². The Labute approximate surface area is 124 Å². The van der Waals surface area contributed by atoms with Crippen molar-refractivity contribution in [3.05, 3.63) is 53.1 Å². The molecule has 2 rings (SSSR count). The van der Waals surface area contributed by atoms with Crippen molar-refractivity contribution in [1.29, 1.82) is 5.26 Å². The molecule has 21 heavy (non-hydrogen) atoms. The Morgan fingerprint density at radius 1 is 1.19 bits per heavy atom. The maximum absolute atomic E-state index is 12.5. The van der Waals surface area contributed by atoms with Crippen LogP contribution in [-0.4, -0.2) is 8.42 Å². The second-order valence-corrected chi connectivity index (χ2v) is 6.37. The minimum absolute atomic E-state index is 0.142. The molecule has 2 aromatic carbocycles. The van der Waals surface area contributed by atoms with E-state index in [0.717, 1.165) is 0 Å². The molecular weight excluding hydrogens is 286 g/mol. The van der Waals surface area contributed by atoms with Crippen molar-refractivity contribution in [2.24, 2.45) is 0 Å². The van der Waals surface area contributed by atoms with Crippen LogP contribution in [-0.2, 0) is 10.0 Å². The highest BCUT2D eigenvalue weighted by Crippen LogP contribution is 2.25. The van der Waals surface area contributed by atoms with Gasteiger partial charge in [0.05, 0.1) is 22.2 Å². The largest absolute Gasteiger partial charge is 0.398 e. The van der Waals surface area contributed by atoms with E-state index >= 15 is 0 Å². The maximum Gasteiger partial charge on any atom is 0.262 e. The number of benzene rings is 2. The number of nitriles is 1. The Morgan fingerprint density at radius 3 is 2.52 bits per heavy atom. The van der Waals surface area contributed by atoms with Crippen LogP contribution in [0.3, 0.4) is 0 Å². The summed E-state index contributed by atoms with van der Waals surface area (Å²) in [6.45, 7) is 3.40. The van der Waals surface area contributed by atoms with Gasteiger partial charge in [-0.15, -0.1) is 0 Å². The minimum Gasteiger partial charge on any atom is -0.398 e. The third kappa shape index (κ3) is 2.98. The van der Waals surface area contributed by atoms with Crippen LogP contribution in [0.5, 0.6) is 0 Å². The highest BCUT2D eigenvalue weighted by Gasteiger charge is 2.18. The quantitative estimate of drug-likeness (QED) is 0.851. The molecule has 3 N–H and O–H groups in total. The summed E-state index contributed by atoms with van der Waals surface area (Å²) in [5.74, 6) is 0. The molecule has 6 heteroatoms. The smallest absolute Gasteiger partial charge is 0.262 e. The first kappa shape index (κ1) is 14.9. The van der Waals surface area contributed by atoms with Crippen molar-refractivity contribution in [2.45, 2.75) is 18.7 Å². The normalized spacial score (nSPS) is 10.9. The fraction of sp³-hybridized carbons (Fsp3) is 0.133. The molecule has 0 heterocycles. The van der Waals surface area contributed by atoms with E-state index in [1.54, 1.807) is 38.1 Å². The van der Waals surface area contributed by atoms with Crippen LogP contribution in [0.4, 0.5) is 11.4 Å². The second kappa shape index (κ2) is 5.46. The van der Waals surface area contributed by atoms with Gasteiger partial charge in [-0.05, 0) is 55.3 Å². The lowest BCUT2D eigenvalue weighted by Crippen LogP contribution is -2.15. The van der Waals surface area contributed by atoms with Gasteiger partial charge >= 0.3 is 0 Å². The van der Waals surface area contributed by atoms with Crippen molar-refractivity contribution in [3.8, 4) is 6.07 Å². The van der Waals surface area contributed by atoms with Crippen molar-refractivity contribution < 1.29 is 8.42 Å². The molecule has 0 spiro atoms. The predicted molar refractivity (Wildman–Crippen MR) is 82.3 cm³/mol. The molecule has 2 aromatic rings. The van der Waals surface area contributed by atoms with Crippen molar-refractivity contribution >= 4 is 21.4 Å². The predicted octanol–water partition coefficient (Wildman–Crippen LogP) is 2.56. The number of hydrogen-bond donors (Lipinski definition) is 2.